The lowest BCUT2D eigenvalue weighted by molar-refractivity contribution is -0.120. The Balaban J connectivity index is 2.11. The van der Waals surface area contributed by atoms with Crippen molar-refractivity contribution in [3.05, 3.63) is 0 Å². The maximum absolute atomic E-state index is 10.9. The number of carbonyl (C=O) groups is 1. The average Bonchev–Trinajstić information content (AvgIpc) is 2.47. The Kier molecular flexibility index (Phi) is 3.53. The Morgan fingerprint density at radius 1 is 1.58 bits per heavy atom. The molecule has 2 unspecified atom stereocenters. The van der Waals surface area contributed by atoms with E-state index in [2.05, 4.69) is 5.32 Å². The van der Waals surface area contributed by atoms with Gasteiger partial charge in [-0.05, 0) is 25.2 Å². The van der Waals surface area contributed by atoms with Crippen molar-refractivity contribution in [3.8, 4) is 0 Å². The molecule has 3 heteroatoms. The highest BCUT2D eigenvalue weighted by Gasteiger charge is 2.22. The summed E-state index contributed by atoms with van der Waals surface area (Å²) in [5.41, 5.74) is 0. The van der Waals surface area contributed by atoms with Crippen molar-refractivity contribution in [2.45, 2.75) is 38.7 Å². The predicted molar refractivity (Wildman–Crippen MR) is 46.6 cm³/mol. The number of nitrogens with one attached hydrogen (secondary N) is 1. The van der Waals surface area contributed by atoms with Crippen molar-refractivity contribution < 1.29 is 9.90 Å². The van der Waals surface area contributed by atoms with Gasteiger partial charge >= 0.3 is 0 Å². The molecule has 0 aromatic carbocycles. The number of carbonyl (C=O) groups excluding carboxylic acids is 1. The lowest BCUT2D eigenvalue weighted by Gasteiger charge is -2.09. The van der Waals surface area contributed by atoms with Gasteiger partial charge in [-0.1, -0.05) is 6.92 Å². The zero-order valence-electron chi connectivity index (χ0n) is 7.55. The van der Waals surface area contributed by atoms with Crippen LogP contribution in [0.4, 0.5) is 0 Å². The monoisotopic (exact) mass is 171 g/mol. The third-order valence-corrected chi connectivity index (χ3v) is 2.42. The Labute approximate surface area is 73.2 Å². The summed E-state index contributed by atoms with van der Waals surface area (Å²) in [4.78, 5) is 10.9. The third-order valence-electron chi connectivity index (χ3n) is 2.42. The molecule has 70 valence electrons. The molecule has 1 fully saturated rings. The first kappa shape index (κ1) is 9.52. The second-order valence-corrected chi connectivity index (χ2v) is 3.49. The molecule has 1 aliphatic rings. The largest absolute Gasteiger partial charge is 0.393 e. The van der Waals surface area contributed by atoms with Crippen LogP contribution in [0, 0.1) is 5.92 Å². The van der Waals surface area contributed by atoms with Crippen molar-refractivity contribution >= 4 is 5.91 Å². The fraction of sp³-hybridized carbons (Fsp3) is 0.889. The molecule has 0 aromatic heterocycles. The molecule has 3 nitrogen and oxygen atoms in total. The SMILES string of the molecule is CCC(=O)NCC1CCC(O)C1. The quantitative estimate of drug-likeness (QED) is 0.656. The van der Waals surface area contributed by atoms with Gasteiger partial charge in [0, 0.05) is 13.0 Å². The third kappa shape index (κ3) is 2.81. The molecule has 0 heterocycles. The highest BCUT2D eigenvalue weighted by molar-refractivity contribution is 5.75. The lowest BCUT2D eigenvalue weighted by Crippen LogP contribution is -2.27. The first-order valence-electron chi connectivity index (χ1n) is 4.67. The summed E-state index contributed by atoms with van der Waals surface area (Å²) in [5, 5.41) is 12.1. The van der Waals surface area contributed by atoms with E-state index in [-0.39, 0.29) is 12.0 Å². The minimum atomic E-state index is -0.131. The molecular weight excluding hydrogens is 154 g/mol. The molecular formula is C9H17NO2. The summed E-state index contributed by atoms with van der Waals surface area (Å²) >= 11 is 0. The summed E-state index contributed by atoms with van der Waals surface area (Å²) in [6.45, 7) is 2.59. The van der Waals surface area contributed by atoms with Gasteiger partial charge in [0.2, 0.25) is 5.91 Å². The summed E-state index contributed by atoms with van der Waals surface area (Å²) in [6, 6.07) is 0. The van der Waals surface area contributed by atoms with Gasteiger partial charge in [0.1, 0.15) is 0 Å². The molecule has 0 bridgehead atoms. The molecule has 0 aromatic rings. The van der Waals surface area contributed by atoms with E-state index in [4.69, 9.17) is 0 Å². The number of hydrogen-bond acceptors (Lipinski definition) is 2. The summed E-state index contributed by atoms with van der Waals surface area (Å²) < 4.78 is 0. The fourth-order valence-electron chi connectivity index (χ4n) is 1.62. The highest BCUT2D eigenvalue weighted by atomic mass is 16.3. The van der Waals surface area contributed by atoms with E-state index < -0.39 is 0 Å². The molecule has 0 radical (unpaired) electrons. The van der Waals surface area contributed by atoms with Crippen molar-refractivity contribution in [2.75, 3.05) is 6.54 Å². The van der Waals surface area contributed by atoms with Crippen LogP contribution in [0.3, 0.4) is 0 Å². The van der Waals surface area contributed by atoms with E-state index in [1.165, 1.54) is 0 Å². The van der Waals surface area contributed by atoms with E-state index in [9.17, 15) is 9.90 Å². The molecule has 1 saturated carbocycles. The maximum atomic E-state index is 10.9. The van der Waals surface area contributed by atoms with Gasteiger partial charge in [-0.3, -0.25) is 4.79 Å². The maximum Gasteiger partial charge on any atom is 0.219 e. The van der Waals surface area contributed by atoms with Gasteiger partial charge in [-0.15, -0.1) is 0 Å². The van der Waals surface area contributed by atoms with Crippen LogP contribution in [0.25, 0.3) is 0 Å². The van der Waals surface area contributed by atoms with E-state index in [0.717, 1.165) is 25.8 Å². The summed E-state index contributed by atoms with van der Waals surface area (Å²) in [6.07, 6.45) is 3.21. The normalized spacial score (nSPS) is 28.8. The van der Waals surface area contributed by atoms with Gasteiger partial charge in [0.05, 0.1) is 6.10 Å². The molecule has 2 atom stereocenters. The first-order chi connectivity index (χ1) is 5.72. The predicted octanol–water partition coefficient (Wildman–Crippen LogP) is 0.674. The van der Waals surface area contributed by atoms with Gasteiger partial charge < -0.3 is 10.4 Å². The molecule has 2 N–H and O–H groups in total. The Hall–Kier alpha value is -0.570. The number of aliphatic hydroxyl groups excluding tert-OH is 1. The zero-order chi connectivity index (χ0) is 8.97. The number of amides is 1. The number of rotatable bonds is 3. The van der Waals surface area contributed by atoms with Crippen LogP contribution in [0.2, 0.25) is 0 Å². The number of aliphatic hydroxyl groups is 1. The molecule has 0 saturated heterocycles. The van der Waals surface area contributed by atoms with Crippen LogP contribution in [-0.4, -0.2) is 23.7 Å². The van der Waals surface area contributed by atoms with Gasteiger partial charge in [0.15, 0.2) is 0 Å². The van der Waals surface area contributed by atoms with Crippen LogP contribution in [-0.2, 0) is 4.79 Å². The fourth-order valence-corrected chi connectivity index (χ4v) is 1.62. The summed E-state index contributed by atoms with van der Waals surface area (Å²) in [5.74, 6) is 0.604. The molecule has 1 rings (SSSR count). The standard InChI is InChI=1S/C9H17NO2/c1-2-9(12)10-6-7-3-4-8(11)5-7/h7-8,11H,2-6H2,1H3,(H,10,12). The van der Waals surface area contributed by atoms with Crippen LogP contribution in [0.1, 0.15) is 32.6 Å². The van der Waals surface area contributed by atoms with Crippen LogP contribution in [0.5, 0.6) is 0 Å². The summed E-state index contributed by atoms with van der Waals surface area (Å²) in [7, 11) is 0. The van der Waals surface area contributed by atoms with Crippen LogP contribution >= 0.6 is 0 Å². The van der Waals surface area contributed by atoms with Gasteiger partial charge in [-0.2, -0.15) is 0 Å². The van der Waals surface area contributed by atoms with E-state index >= 15 is 0 Å². The second-order valence-electron chi connectivity index (χ2n) is 3.49. The first-order valence-corrected chi connectivity index (χ1v) is 4.67. The van der Waals surface area contributed by atoms with E-state index in [1.807, 2.05) is 6.92 Å². The molecule has 0 aliphatic heterocycles. The van der Waals surface area contributed by atoms with Gasteiger partial charge in [-0.25, -0.2) is 0 Å². The van der Waals surface area contributed by atoms with Gasteiger partial charge in [0.25, 0.3) is 0 Å². The Morgan fingerprint density at radius 3 is 2.83 bits per heavy atom. The minimum absolute atomic E-state index is 0.108. The van der Waals surface area contributed by atoms with Crippen LogP contribution < -0.4 is 5.32 Å². The van der Waals surface area contributed by atoms with E-state index in [1.54, 1.807) is 0 Å². The van der Waals surface area contributed by atoms with Crippen molar-refractivity contribution in [1.82, 2.24) is 5.32 Å². The van der Waals surface area contributed by atoms with Crippen molar-refractivity contribution in [3.63, 3.8) is 0 Å². The van der Waals surface area contributed by atoms with Crippen molar-refractivity contribution in [1.29, 1.82) is 0 Å². The lowest BCUT2D eigenvalue weighted by atomic mass is 10.1. The van der Waals surface area contributed by atoms with Crippen molar-refractivity contribution in [2.24, 2.45) is 5.92 Å². The van der Waals surface area contributed by atoms with E-state index in [0.29, 0.717) is 12.3 Å². The topological polar surface area (TPSA) is 49.3 Å². The number of hydrogen-bond donors (Lipinski definition) is 2. The molecule has 1 aliphatic carbocycles. The molecule has 1 amide bonds. The highest BCUT2D eigenvalue weighted by Crippen LogP contribution is 2.24. The minimum Gasteiger partial charge on any atom is -0.393 e. The molecule has 0 spiro atoms. The van der Waals surface area contributed by atoms with Crippen LogP contribution in [0.15, 0.2) is 0 Å². The Bertz CT molecular complexity index is 159. The Morgan fingerprint density at radius 2 is 2.33 bits per heavy atom. The second kappa shape index (κ2) is 4.45. The smallest absolute Gasteiger partial charge is 0.219 e. The average molecular weight is 171 g/mol. The molecule has 12 heavy (non-hydrogen) atoms. The zero-order valence-corrected chi connectivity index (χ0v) is 7.55.